The predicted molar refractivity (Wildman–Crippen MR) is 110 cm³/mol. The first kappa shape index (κ1) is 25.5. The van der Waals surface area contributed by atoms with Gasteiger partial charge in [0.15, 0.2) is 0 Å². The summed E-state index contributed by atoms with van der Waals surface area (Å²) in [5, 5.41) is 0. The first-order valence-corrected chi connectivity index (χ1v) is 10.6. The summed E-state index contributed by atoms with van der Waals surface area (Å²) >= 11 is 0. The summed E-state index contributed by atoms with van der Waals surface area (Å²) in [5.41, 5.74) is 0. The molecule has 0 aliphatic rings. The number of halogens is 1. The summed E-state index contributed by atoms with van der Waals surface area (Å²) in [7, 11) is 0. The monoisotopic (exact) mass is 347 g/mol. The lowest BCUT2D eigenvalue weighted by atomic mass is 10.0. The molecule has 0 atom stereocenters. The second kappa shape index (κ2) is 22.2. The maximum Gasteiger partial charge on any atom is -0.00187 e. The molecule has 0 aromatic rings. The fourth-order valence-electron chi connectivity index (χ4n) is 3.32. The van der Waals surface area contributed by atoms with Crippen LogP contribution in [0, 0.1) is 0 Å². The van der Waals surface area contributed by atoms with Crippen LogP contribution in [-0.4, -0.2) is 24.5 Å². The van der Waals surface area contributed by atoms with Crippen molar-refractivity contribution < 1.29 is 0 Å². The summed E-state index contributed by atoms with van der Waals surface area (Å²) < 4.78 is 0. The largest absolute Gasteiger partial charge is 0.303 e. The fourth-order valence-corrected chi connectivity index (χ4v) is 3.32. The number of hydrogen-bond donors (Lipinski definition) is 0. The second-order valence-electron chi connectivity index (χ2n) is 7.08. The summed E-state index contributed by atoms with van der Waals surface area (Å²) in [5.74, 6) is 0. The average molecular weight is 348 g/mol. The van der Waals surface area contributed by atoms with Crippen molar-refractivity contribution in [1.82, 2.24) is 4.90 Å². The Labute approximate surface area is 154 Å². The summed E-state index contributed by atoms with van der Waals surface area (Å²) in [4.78, 5) is 2.65. The van der Waals surface area contributed by atoms with Gasteiger partial charge < -0.3 is 4.90 Å². The Morgan fingerprint density at radius 2 is 0.739 bits per heavy atom. The quantitative estimate of drug-likeness (QED) is 0.230. The van der Waals surface area contributed by atoms with Gasteiger partial charge in [0.2, 0.25) is 0 Å². The van der Waals surface area contributed by atoms with E-state index in [0.717, 1.165) is 0 Å². The number of unbranched alkanes of at least 4 members (excludes halogenated alkanes) is 12. The molecule has 1 nitrogen and oxygen atoms in total. The Kier molecular flexibility index (Phi) is 24.7. The summed E-state index contributed by atoms with van der Waals surface area (Å²) in [6, 6.07) is 0. The normalized spacial score (nSPS) is 11.0. The molecule has 0 fully saturated rings. The van der Waals surface area contributed by atoms with Gasteiger partial charge >= 0.3 is 0 Å². The number of rotatable bonds is 18. The van der Waals surface area contributed by atoms with Crippen molar-refractivity contribution in [2.45, 2.75) is 117 Å². The third-order valence-corrected chi connectivity index (χ3v) is 4.66. The van der Waals surface area contributed by atoms with Gasteiger partial charge in [0.25, 0.3) is 0 Å². The third kappa shape index (κ3) is 20.2. The van der Waals surface area contributed by atoms with Crippen LogP contribution in [0.5, 0.6) is 0 Å². The molecule has 142 valence electrons. The van der Waals surface area contributed by atoms with Gasteiger partial charge in [-0.3, -0.25) is 0 Å². The molecule has 0 saturated carbocycles. The molecule has 0 N–H and O–H groups in total. The van der Waals surface area contributed by atoms with Crippen LogP contribution < -0.4 is 0 Å². The molecule has 0 aromatic heterocycles. The minimum atomic E-state index is 0. The van der Waals surface area contributed by atoms with Gasteiger partial charge in [-0.05, 0) is 38.9 Å². The average Bonchev–Trinajstić information content (AvgIpc) is 2.52. The van der Waals surface area contributed by atoms with Crippen molar-refractivity contribution >= 4 is 12.4 Å². The summed E-state index contributed by atoms with van der Waals surface area (Å²) in [6.45, 7) is 10.8. The van der Waals surface area contributed by atoms with Gasteiger partial charge in [0.05, 0.1) is 0 Å². The molecule has 0 radical (unpaired) electrons. The highest BCUT2D eigenvalue weighted by Crippen LogP contribution is 2.12. The van der Waals surface area contributed by atoms with Crippen molar-refractivity contribution in [2.24, 2.45) is 0 Å². The van der Waals surface area contributed by atoms with Crippen molar-refractivity contribution in [3.8, 4) is 0 Å². The Hall–Kier alpha value is 0.250. The van der Waals surface area contributed by atoms with Gasteiger partial charge in [0.1, 0.15) is 0 Å². The van der Waals surface area contributed by atoms with Crippen LogP contribution in [0.15, 0.2) is 0 Å². The fraction of sp³-hybridized carbons (Fsp3) is 1.00. The highest BCUT2D eigenvalue weighted by Gasteiger charge is 2.01. The zero-order chi connectivity index (χ0) is 16.3. The third-order valence-electron chi connectivity index (χ3n) is 4.66. The van der Waals surface area contributed by atoms with Gasteiger partial charge in [-0.1, -0.05) is 97.8 Å². The van der Waals surface area contributed by atoms with Crippen LogP contribution in [0.4, 0.5) is 0 Å². The van der Waals surface area contributed by atoms with Crippen LogP contribution in [0.25, 0.3) is 0 Å². The van der Waals surface area contributed by atoms with E-state index in [1.807, 2.05) is 0 Å². The van der Waals surface area contributed by atoms with Gasteiger partial charge in [-0.25, -0.2) is 0 Å². The molecule has 0 unspecified atom stereocenters. The second-order valence-corrected chi connectivity index (χ2v) is 7.08. The van der Waals surface area contributed by atoms with E-state index in [9.17, 15) is 0 Å². The van der Waals surface area contributed by atoms with E-state index in [0.29, 0.717) is 0 Å². The molecular weight excluding hydrogens is 302 g/mol. The molecule has 0 amide bonds. The molecule has 0 aromatic carbocycles. The highest BCUT2D eigenvalue weighted by atomic mass is 35.5. The van der Waals surface area contributed by atoms with Gasteiger partial charge in [0, 0.05) is 0 Å². The Morgan fingerprint density at radius 1 is 0.391 bits per heavy atom. The Balaban J connectivity index is 0. The molecule has 0 spiro atoms. The minimum absolute atomic E-state index is 0. The molecule has 0 aliphatic heterocycles. The maximum absolute atomic E-state index is 2.65. The molecular formula is C21H46ClN. The first-order valence-electron chi connectivity index (χ1n) is 10.6. The van der Waals surface area contributed by atoms with Crippen molar-refractivity contribution in [2.75, 3.05) is 19.6 Å². The molecule has 0 saturated heterocycles. The van der Waals surface area contributed by atoms with Crippen molar-refractivity contribution in [3.05, 3.63) is 0 Å². The summed E-state index contributed by atoms with van der Waals surface area (Å²) in [6.07, 6.45) is 21.5. The minimum Gasteiger partial charge on any atom is -0.303 e. The van der Waals surface area contributed by atoms with E-state index < -0.39 is 0 Å². The van der Waals surface area contributed by atoms with Crippen molar-refractivity contribution in [1.29, 1.82) is 0 Å². The van der Waals surface area contributed by atoms with Crippen LogP contribution in [0.2, 0.25) is 0 Å². The lowest BCUT2D eigenvalue weighted by Gasteiger charge is -2.20. The lowest BCUT2D eigenvalue weighted by molar-refractivity contribution is 0.267. The van der Waals surface area contributed by atoms with Gasteiger partial charge in [-0.2, -0.15) is 0 Å². The van der Waals surface area contributed by atoms with Crippen LogP contribution in [0.1, 0.15) is 117 Å². The SMILES string of the molecule is CCCCCCCCCCCCCCCN(CCC)CCC.Cl. The molecule has 0 rings (SSSR count). The van der Waals surface area contributed by atoms with E-state index in [4.69, 9.17) is 0 Å². The van der Waals surface area contributed by atoms with Crippen LogP contribution in [-0.2, 0) is 0 Å². The van der Waals surface area contributed by atoms with E-state index in [-0.39, 0.29) is 12.4 Å². The van der Waals surface area contributed by atoms with Crippen molar-refractivity contribution in [3.63, 3.8) is 0 Å². The van der Waals surface area contributed by atoms with Crippen LogP contribution in [0.3, 0.4) is 0 Å². The van der Waals surface area contributed by atoms with Crippen LogP contribution >= 0.6 is 12.4 Å². The van der Waals surface area contributed by atoms with E-state index in [2.05, 4.69) is 25.7 Å². The number of nitrogens with zero attached hydrogens (tertiary/aromatic N) is 1. The topological polar surface area (TPSA) is 3.24 Å². The maximum atomic E-state index is 2.65. The van der Waals surface area contributed by atoms with E-state index in [1.54, 1.807) is 0 Å². The molecule has 0 bridgehead atoms. The Bertz CT molecular complexity index is 190. The standard InChI is InChI=1S/C21H45N.ClH/c1-4-7-8-9-10-11-12-13-14-15-16-17-18-21-22(19-5-2)20-6-3;/h4-21H2,1-3H3;1H. The Morgan fingerprint density at radius 3 is 1.09 bits per heavy atom. The molecule has 0 aliphatic carbocycles. The van der Waals surface area contributed by atoms with E-state index >= 15 is 0 Å². The zero-order valence-corrected chi connectivity index (χ0v) is 17.4. The highest BCUT2D eigenvalue weighted by molar-refractivity contribution is 5.85. The molecule has 0 heterocycles. The number of hydrogen-bond acceptors (Lipinski definition) is 1. The lowest BCUT2D eigenvalue weighted by Crippen LogP contribution is -2.26. The zero-order valence-electron chi connectivity index (χ0n) is 16.6. The molecule has 23 heavy (non-hydrogen) atoms. The predicted octanol–water partition coefficient (Wildman–Crippen LogP) is 7.62. The first-order chi connectivity index (χ1) is 10.8. The van der Waals surface area contributed by atoms with E-state index in [1.165, 1.54) is 116 Å². The van der Waals surface area contributed by atoms with Gasteiger partial charge in [-0.15, -0.1) is 12.4 Å². The smallest absolute Gasteiger partial charge is 0.00187 e. The molecule has 2 heteroatoms.